The first-order valence-electron chi connectivity index (χ1n) is 12.9. The number of hydrogen-bond donors (Lipinski definition) is 3. The van der Waals surface area contributed by atoms with Gasteiger partial charge in [-0.15, -0.1) is 0 Å². The first-order valence-corrected chi connectivity index (χ1v) is 12.9. The minimum atomic E-state index is -0.686. The van der Waals surface area contributed by atoms with Gasteiger partial charge in [-0.25, -0.2) is 28.2 Å². The van der Waals surface area contributed by atoms with Crippen molar-refractivity contribution in [2.75, 3.05) is 49.6 Å². The van der Waals surface area contributed by atoms with Crippen LogP contribution in [0.25, 0.3) is 22.3 Å². The van der Waals surface area contributed by atoms with Gasteiger partial charge in [0.1, 0.15) is 29.5 Å². The van der Waals surface area contributed by atoms with Gasteiger partial charge in [-0.2, -0.15) is 5.10 Å². The van der Waals surface area contributed by atoms with E-state index in [4.69, 9.17) is 5.73 Å². The normalized spacial score (nSPS) is 16.5. The van der Waals surface area contributed by atoms with Crippen molar-refractivity contribution >= 4 is 34.3 Å². The second kappa shape index (κ2) is 10.2. The van der Waals surface area contributed by atoms with E-state index in [0.717, 1.165) is 39.0 Å². The van der Waals surface area contributed by atoms with Crippen LogP contribution in [0.5, 0.6) is 0 Å². The lowest BCUT2D eigenvalue weighted by atomic mass is 10.1. The molecule has 10 nitrogen and oxygen atoms in total. The van der Waals surface area contributed by atoms with Crippen molar-refractivity contribution in [1.29, 1.82) is 0 Å². The Morgan fingerprint density at radius 3 is 2.54 bits per heavy atom. The molecule has 202 valence electrons. The number of carbonyl (C=O) groups excluding carboxylic acids is 1. The number of nitrogens with two attached hydrogens (primary N) is 1. The van der Waals surface area contributed by atoms with Crippen molar-refractivity contribution in [3.63, 3.8) is 0 Å². The summed E-state index contributed by atoms with van der Waals surface area (Å²) in [6.07, 6.45) is 3.38. The van der Waals surface area contributed by atoms with Gasteiger partial charge in [0.15, 0.2) is 5.65 Å². The molecule has 3 heterocycles. The Morgan fingerprint density at radius 1 is 1.03 bits per heavy atom. The Labute approximate surface area is 223 Å². The fourth-order valence-electron chi connectivity index (χ4n) is 4.82. The van der Waals surface area contributed by atoms with E-state index >= 15 is 4.39 Å². The predicted molar refractivity (Wildman–Crippen MR) is 145 cm³/mol. The monoisotopic (exact) mass is 533 g/mol. The molecule has 4 N–H and O–H groups in total. The highest BCUT2D eigenvalue weighted by Crippen LogP contribution is 2.40. The Bertz CT molecular complexity index is 1540. The van der Waals surface area contributed by atoms with Gasteiger partial charge in [0.05, 0.1) is 17.1 Å². The van der Waals surface area contributed by atoms with Gasteiger partial charge in [0.2, 0.25) is 0 Å². The summed E-state index contributed by atoms with van der Waals surface area (Å²) in [6.45, 7) is 4.16. The van der Waals surface area contributed by atoms with E-state index in [1.165, 1.54) is 24.5 Å². The lowest BCUT2D eigenvalue weighted by Gasteiger charge is -2.32. The fraction of sp³-hybridized carbons (Fsp3) is 0.333. The van der Waals surface area contributed by atoms with Crippen LogP contribution in [0.15, 0.2) is 42.7 Å². The molecule has 1 saturated carbocycles. The van der Waals surface area contributed by atoms with Crippen LogP contribution in [0.1, 0.15) is 24.4 Å². The zero-order valence-corrected chi connectivity index (χ0v) is 21.5. The molecule has 12 heteroatoms. The second-order valence-electron chi connectivity index (χ2n) is 10.1. The van der Waals surface area contributed by atoms with E-state index in [1.807, 2.05) is 4.68 Å². The van der Waals surface area contributed by atoms with E-state index in [0.29, 0.717) is 34.4 Å². The van der Waals surface area contributed by atoms with Crippen molar-refractivity contribution in [3.05, 3.63) is 59.9 Å². The van der Waals surface area contributed by atoms with Crippen molar-refractivity contribution < 1.29 is 13.6 Å². The molecule has 2 aromatic heterocycles. The zero-order chi connectivity index (χ0) is 27.1. The number of hydrogen-bond acceptors (Lipinski definition) is 7. The van der Waals surface area contributed by atoms with Crippen LogP contribution in [0.3, 0.4) is 0 Å². The Balaban J connectivity index is 1.14. The van der Waals surface area contributed by atoms with Gasteiger partial charge >= 0.3 is 6.03 Å². The van der Waals surface area contributed by atoms with Crippen LogP contribution in [0.4, 0.5) is 30.8 Å². The number of nitrogens with zero attached hydrogens (tertiary/aromatic N) is 6. The van der Waals surface area contributed by atoms with Crippen LogP contribution in [0, 0.1) is 11.6 Å². The molecule has 2 aliphatic rings. The van der Waals surface area contributed by atoms with Crippen molar-refractivity contribution in [2.45, 2.75) is 25.4 Å². The Morgan fingerprint density at radius 2 is 1.82 bits per heavy atom. The number of nitrogen functional groups attached to an aromatic ring is 1. The van der Waals surface area contributed by atoms with Crippen LogP contribution in [-0.2, 0) is 6.54 Å². The third-order valence-electron chi connectivity index (χ3n) is 7.20. The van der Waals surface area contributed by atoms with E-state index in [-0.39, 0.29) is 23.2 Å². The minimum Gasteiger partial charge on any atom is -0.383 e. The van der Waals surface area contributed by atoms with Gasteiger partial charge < -0.3 is 21.3 Å². The molecule has 1 saturated heterocycles. The van der Waals surface area contributed by atoms with Gasteiger partial charge in [0, 0.05) is 49.5 Å². The number of likely N-dealkylation sites (N-methyl/N-ethyl adjacent to an activating group) is 1. The van der Waals surface area contributed by atoms with Crippen molar-refractivity contribution in [2.24, 2.45) is 0 Å². The molecule has 4 aromatic rings. The van der Waals surface area contributed by atoms with E-state index in [9.17, 15) is 9.18 Å². The number of nitrogens with one attached hydrogen (secondary N) is 2. The number of anilines is 3. The zero-order valence-electron chi connectivity index (χ0n) is 21.5. The van der Waals surface area contributed by atoms with Crippen molar-refractivity contribution in [3.8, 4) is 11.3 Å². The number of piperazine rings is 1. The highest BCUT2D eigenvalue weighted by Gasteiger charge is 2.29. The molecular weight excluding hydrogens is 504 g/mol. The fourth-order valence-corrected chi connectivity index (χ4v) is 4.82. The molecule has 0 bridgehead atoms. The topological polar surface area (TPSA) is 117 Å². The maximum absolute atomic E-state index is 15.1. The summed E-state index contributed by atoms with van der Waals surface area (Å²) < 4.78 is 31.6. The summed E-state index contributed by atoms with van der Waals surface area (Å²) >= 11 is 0. The predicted octanol–water partition coefficient (Wildman–Crippen LogP) is 4.08. The molecule has 0 radical (unpaired) electrons. The summed E-state index contributed by atoms with van der Waals surface area (Å²) in [5.74, 6) is -0.782. The standard InChI is InChI=1S/C27H29F2N9O/c1-36-8-10-37(11-9-36)14-17-2-4-18(13-20(17)28)33-27(39)34-22-7-3-16(12-21(22)29)24-23-25(30)31-15-32-26(23)38(35-24)19-5-6-19/h2-4,7,12-13,15,19H,5-6,8-11,14H2,1H3,(H2,30,31,32)(H2,33,34,39). The smallest absolute Gasteiger partial charge is 0.323 e. The molecule has 2 amide bonds. The SMILES string of the molecule is CN1CCN(Cc2ccc(NC(=O)Nc3ccc(-c4nn(C5CC5)c5ncnc(N)c45)cc3F)cc2F)CC1. The number of benzene rings is 2. The third-order valence-corrected chi connectivity index (χ3v) is 7.20. The maximum atomic E-state index is 15.1. The summed E-state index contributed by atoms with van der Waals surface area (Å²) in [4.78, 5) is 25.4. The molecule has 0 unspecified atom stereocenters. The first-order chi connectivity index (χ1) is 18.9. The number of amides is 2. The van der Waals surface area contributed by atoms with Crippen LogP contribution in [-0.4, -0.2) is 68.8 Å². The van der Waals surface area contributed by atoms with Crippen LogP contribution in [0.2, 0.25) is 0 Å². The lowest BCUT2D eigenvalue weighted by Crippen LogP contribution is -2.44. The Kier molecular flexibility index (Phi) is 6.57. The second-order valence-corrected chi connectivity index (χ2v) is 10.1. The number of fused-ring (bicyclic) bond motifs is 1. The number of carbonyl (C=O) groups is 1. The maximum Gasteiger partial charge on any atom is 0.323 e. The average molecular weight is 534 g/mol. The number of halogens is 2. The summed E-state index contributed by atoms with van der Waals surface area (Å²) in [6, 6.07) is 8.53. The van der Waals surface area contributed by atoms with Gasteiger partial charge in [0.25, 0.3) is 0 Å². The lowest BCUT2D eigenvalue weighted by molar-refractivity contribution is 0.147. The first kappa shape index (κ1) is 25.1. The summed E-state index contributed by atoms with van der Waals surface area (Å²) in [7, 11) is 2.07. The minimum absolute atomic E-state index is 0.0291. The molecule has 6 rings (SSSR count). The molecule has 1 aliphatic heterocycles. The quantitative estimate of drug-likeness (QED) is 0.342. The van der Waals surface area contributed by atoms with Gasteiger partial charge in [-0.1, -0.05) is 12.1 Å². The van der Waals surface area contributed by atoms with E-state index in [2.05, 4.69) is 42.5 Å². The molecule has 39 heavy (non-hydrogen) atoms. The van der Waals surface area contributed by atoms with E-state index < -0.39 is 17.7 Å². The highest BCUT2D eigenvalue weighted by atomic mass is 19.1. The number of rotatable bonds is 6. The molecular formula is C27H29F2N9O. The molecule has 1 aliphatic carbocycles. The van der Waals surface area contributed by atoms with E-state index in [1.54, 1.807) is 18.2 Å². The summed E-state index contributed by atoms with van der Waals surface area (Å²) in [5.41, 5.74) is 8.51. The van der Waals surface area contributed by atoms with Gasteiger partial charge in [-0.3, -0.25) is 4.90 Å². The third kappa shape index (κ3) is 5.25. The largest absolute Gasteiger partial charge is 0.383 e. The highest BCUT2D eigenvalue weighted by molar-refractivity contribution is 6.01. The molecule has 2 fully saturated rings. The van der Waals surface area contributed by atoms with Crippen LogP contribution >= 0.6 is 0 Å². The number of aromatic nitrogens is 4. The number of urea groups is 1. The molecule has 2 aromatic carbocycles. The molecule has 0 atom stereocenters. The van der Waals surface area contributed by atoms with Crippen LogP contribution < -0.4 is 16.4 Å². The summed E-state index contributed by atoms with van der Waals surface area (Å²) in [5, 5.41) is 10.3. The Hall–Kier alpha value is -4.16. The van der Waals surface area contributed by atoms with Crippen molar-refractivity contribution in [1.82, 2.24) is 29.5 Å². The molecule has 0 spiro atoms. The average Bonchev–Trinajstić information content (AvgIpc) is 3.68. The van der Waals surface area contributed by atoms with Gasteiger partial charge in [-0.05, 0) is 44.2 Å².